The first-order valence-corrected chi connectivity index (χ1v) is 10.4. The van der Waals surface area contributed by atoms with Gasteiger partial charge < -0.3 is 15.1 Å². The first kappa shape index (κ1) is 19.6. The van der Waals surface area contributed by atoms with E-state index in [0.29, 0.717) is 5.02 Å². The molecule has 0 amide bonds. The smallest absolute Gasteiger partial charge is 0.173 e. The summed E-state index contributed by atoms with van der Waals surface area (Å²) in [5, 5.41) is 9.12. The van der Waals surface area contributed by atoms with Crippen molar-refractivity contribution in [3.05, 3.63) is 45.1 Å². The van der Waals surface area contributed by atoms with Gasteiger partial charge in [0, 0.05) is 22.3 Å². The first-order chi connectivity index (χ1) is 12.5. The van der Waals surface area contributed by atoms with Gasteiger partial charge in [0.25, 0.3) is 0 Å². The molecule has 0 saturated carbocycles. The number of rotatable bonds is 4. The SMILES string of the molecule is CCn1ncc(C[NH+]2CCN(C(=S)Nc3ccc(Br)cc3Cl)CC2)c1C. The molecule has 0 unspecified atom stereocenters. The van der Waals surface area contributed by atoms with Crippen molar-refractivity contribution < 1.29 is 4.90 Å². The molecule has 5 nitrogen and oxygen atoms in total. The fourth-order valence-electron chi connectivity index (χ4n) is 3.23. The highest BCUT2D eigenvalue weighted by molar-refractivity contribution is 9.10. The van der Waals surface area contributed by atoms with Crippen LogP contribution in [0.4, 0.5) is 5.69 Å². The number of nitrogens with one attached hydrogen (secondary N) is 2. The van der Waals surface area contributed by atoms with Crippen molar-refractivity contribution in [2.24, 2.45) is 0 Å². The largest absolute Gasteiger partial charge is 0.338 e. The minimum absolute atomic E-state index is 0.661. The van der Waals surface area contributed by atoms with Crippen molar-refractivity contribution in [1.29, 1.82) is 0 Å². The summed E-state index contributed by atoms with van der Waals surface area (Å²) in [6, 6.07) is 5.76. The maximum atomic E-state index is 6.27. The molecule has 1 aromatic carbocycles. The number of anilines is 1. The first-order valence-electron chi connectivity index (χ1n) is 8.83. The Labute approximate surface area is 173 Å². The van der Waals surface area contributed by atoms with Crippen LogP contribution in [0, 0.1) is 6.92 Å². The Morgan fingerprint density at radius 1 is 1.38 bits per heavy atom. The summed E-state index contributed by atoms with van der Waals surface area (Å²) in [5.74, 6) is 0. The standard InChI is InChI=1S/C18H23BrClN5S/c1-3-25-13(2)14(11-21-25)12-23-6-8-24(9-7-23)18(26)22-17-5-4-15(19)10-16(17)20/h4-5,10-11H,3,6-9,12H2,1-2H3,(H,22,26)/p+1. The van der Waals surface area contributed by atoms with E-state index < -0.39 is 0 Å². The molecule has 2 aromatic rings. The number of hydrogen-bond acceptors (Lipinski definition) is 2. The van der Waals surface area contributed by atoms with E-state index in [1.165, 1.54) is 11.3 Å². The Morgan fingerprint density at radius 2 is 2.12 bits per heavy atom. The molecule has 140 valence electrons. The van der Waals surface area contributed by atoms with Crippen LogP contribution >= 0.6 is 39.7 Å². The van der Waals surface area contributed by atoms with Gasteiger partial charge in [0.05, 0.1) is 43.1 Å². The van der Waals surface area contributed by atoms with Gasteiger partial charge in [-0.2, -0.15) is 5.10 Å². The second kappa shape index (κ2) is 8.69. The molecule has 1 aromatic heterocycles. The molecule has 0 spiro atoms. The monoisotopic (exact) mass is 456 g/mol. The van der Waals surface area contributed by atoms with Crippen LogP contribution < -0.4 is 10.2 Å². The van der Waals surface area contributed by atoms with Crippen molar-refractivity contribution >= 4 is 50.5 Å². The van der Waals surface area contributed by atoms with Gasteiger partial charge in [-0.05, 0) is 44.3 Å². The molecule has 2 N–H and O–H groups in total. The molecule has 1 aliphatic heterocycles. The van der Waals surface area contributed by atoms with Gasteiger partial charge in [-0.3, -0.25) is 4.68 Å². The Hall–Kier alpha value is -1.15. The van der Waals surface area contributed by atoms with E-state index in [9.17, 15) is 0 Å². The average molecular weight is 458 g/mol. The number of hydrogen-bond donors (Lipinski definition) is 2. The summed E-state index contributed by atoms with van der Waals surface area (Å²) in [4.78, 5) is 3.80. The lowest BCUT2D eigenvalue weighted by Gasteiger charge is -2.34. The molecule has 1 saturated heterocycles. The van der Waals surface area contributed by atoms with Crippen LogP contribution in [0.1, 0.15) is 18.2 Å². The number of thiocarbonyl (C=S) groups is 1. The summed E-state index contributed by atoms with van der Waals surface area (Å²) < 4.78 is 3.02. The number of quaternary nitrogens is 1. The van der Waals surface area contributed by atoms with E-state index in [1.54, 1.807) is 4.90 Å². The van der Waals surface area contributed by atoms with Crippen LogP contribution in [0.3, 0.4) is 0 Å². The van der Waals surface area contributed by atoms with Crippen molar-refractivity contribution in [2.45, 2.75) is 26.9 Å². The number of halogens is 2. The normalized spacial score (nSPS) is 15.3. The van der Waals surface area contributed by atoms with Gasteiger partial charge in [0.2, 0.25) is 0 Å². The summed E-state index contributed by atoms with van der Waals surface area (Å²) in [7, 11) is 0. The molecule has 0 aliphatic carbocycles. The lowest BCUT2D eigenvalue weighted by molar-refractivity contribution is -0.917. The Bertz CT molecular complexity index is 786. The predicted octanol–water partition coefficient (Wildman–Crippen LogP) is 2.72. The van der Waals surface area contributed by atoms with Gasteiger partial charge in [-0.15, -0.1) is 0 Å². The highest BCUT2D eigenvalue weighted by Crippen LogP contribution is 2.25. The number of benzene rings is 1. The highest BCUT2D eigenvalue weighted by atomic mass is 79.9. The van der Waals surface area contributed by atoms with Crippen LogP contribution in [-0.4, -0.2) is 46.0 Å². The number of aryl methyl sites for hydroxylation is 1. The zero-order valence-electron chi connectivity index (χ0n) is 15.1. The lowest BCUT2D eigenvalue weighted by atomic mass is 10.2. The average Bonchev–Trinajstić information content (AvgIpc) is 2.98. The number of aromatic nitrogens is 2. The van der Waals surface area contributed by atoms with Gasteiger partial charge in [-0.25, -0.2) is 0 Å². The van der Waals surface area contributed by atoms with Crippen LogP contribution in [0.25, 0.3) is 0 Å². The summed E-state index contributed by atoms with van der Waals surface area (Å²) in [5.41, 5.74) is 3.47. The summed E-state index contributed by atoms with van der Waals surface area (Å²) >= 11 is 15.3. The minimum atomic E-state index is 0.661. The van der Waals surface area contributed by atoms with E-state index in [2.05, 4.69) is 49.8 Å². The Balaban J connectivity index is 1.52. The van der Waals surface area contributed by atoms with E-state index in [4.69, 9.17) is 23.8 Å². The highest BCUT2D eigenvalue weighted by Gasteiger charge is 2.23. The Morgan fingerprint density at radius 3 is 2.73 bits per heavy atom. The van der Waals surface area contributed by atoms with Crippen molar-refractivity contribution in [3.63, 3.8) is 0 Å². The molecule has 26 heavy (non-hydrogen) atoms. The van der Waals surface area contributed by atoms with Crippen molar-refractivity contribution in [2.75, 3.05) is 31.5 Å². The third-order valence-corrected chi connectivity index (χ3v) is 6.04. The molecular formula is C18H24BrClN5S+. The van der Waals surface area contributed by atoms with Gasteiger partial charge in [-0.1, -0.05) is 27.5 Å². The van der Waals surface area contributed by atoms with Crippen LogP contribution in [-0.2, 0) is 13.1 Å². The Kier molecular flexibility index (Phi) is 6.55. The fraction of sp³-hybridized carbons (Fsp3) is 0.444. The van der Waals surface area contributed by atoms with Crippen LogP contribution in [0.2, 0.25) is 5.02 Å². The van der Waals surface area contributed by atoms with Gasteiger partial charge in [0.1, 0.15) is 6.54 Å². The molecule has 1 aliphatic rings. The van der Waals surface area contributed by atoms with Gasteiger partial charge >= 0.3 is 0 Å². The quantitative estimate of drug-likeness (QED) is 0.692. The predicted molar refractivity (Wildman–Crippen MR) is 114 cm³/mol. The molecule has 1 fully saturated rings. The zero-order chi connectivity index (χ0) is 18.7. The molecule has 3 rings (SSSR count). The van der Waals surface area contributed by atoms with Crippen molar-refractivity contribution in [3.8, 4) is 0 Å². The molecule has 8 heteroatoms. The molecule has 2 heterocycles. The van der Waals surface area contributed by atoms with E-state index in [1.807, 2.05) is 24.4 Å². The topological polar surface area (TPSA) is 37.5 Å². The van der Waals surface area contributed by atoms with E-state index in [0.717, 1.165) is 54.5 Å². The third kappa shape index (κ3) is 4.57. The maximum Gasteiger partial charge on any atom is 0.173 e. The van der Waals surface area contributed by atoms with Crippen molar-refractivity contribution in [1.82, 2.24) is 14.7 Å². The maximum absolute atomic E-state index is 6.27. The second-order valence-electron chi connectivity index (χ2n) is 6.54. The van der Waals surface area contributed by atoms with Gasteiger partial charge in [0.15, 0.2) is 5.11 Å². The third-order valence-electron chi connectivity index (χ3n) is 4.88. The van der Waals surface area contributed by atoms with Crippen LogP contribution in [0.15, 0.2) is 28.9 Å². The fourth-order valence-corrected chi connectivity index (χ4v) is 4.25. The number of piperazine rings is 1. The molecule has 0 atom stereocenters. The molecule has 0 radical (unpaired) electrons. The minimum Gasteiger partial charge on any atom is -0.338 e. The van der Waals surface area contributed by atoms with Crippen LogP contribution in [0.5, 0.6) is 0 Å². The molecular weight excluding hydrogens is 434 g/mol. The summed E-state index contributed by atoms with van der Waals surface area (Å²) in [6.45, 7) is 10.2. The zero-order valence-corrected chi connectivity index (χ0v) is 18.2. The van der Waals surface area contributed by atoms with E-state index in [-0.39, 0.29) is 0 Å². The lowest BCUT2D eigenvalue weighted by Crippen LogP contribution is -3.13. The molecule has 0 bridgehead atoms. The number of nitrogens with zero attached hydrogens (tertiary/aromatic N) is 3. The summed E-state index contributed by atoms with van der Waals surface area (Å²) in [6.07, 6.45) is 2.01. The van der Waals surface area contributed by atoms with E-state index >= 15 is 0 Å². The second-order valence-corrected chi connectivity index (χ2v) is 8.25.